The van der Waals surface area contributed by atoms with Crippen molar-refractivity contribution in [2.24, 2.45) is 4.99 Å². The van der Waals surface area contributed by atoms with E-state index in [0.717, 1.165) is 10.9 Å². The van der Waals surface area contributed by atoms with Gasteiger partial charge in [0.2, 0.25) is 5.88 Å². The monoisotopic (exact) mass is 418 g/mol. The Morgan fingerprint density at radius 3 is 2.80 bits per heavy atom. The molecule has 0 bridgehead atoms. The van der Waals surface area contributed by atoms with Crippen LogP contribution in [0.15, 0.2) is 70.6 Å². The van der Waals surface area contributed by atoms with Crippen molar-refractivity contribution in [1.29, 1.82) is 0 Å². The summed E-state index contributed by atoms with van der Waals surface area (Å²) in [5.74, 6) is 0.406. The molecule has 0 unspecified atom stereocenters. The fourth-order valence-electron chi connectivity index (χ4n) is 3.03. The second kappa shape index (κ2) is 8.30. The summed E-state index contributed by atoms with van der Waals surface area (Å²) in [5.41, 5.74) is 1.55. The normalized spacial score (nSPS) is 11.2. The number of aromatic amines is 1. The molecular formula is C22H18N4O3S. The number of H-pyrrole nitrogens is 1. The molecule has 0 aliphatic rings. The molecule has 0 aliphatic carbocycles. The van der Waals surface area contributed by atoms with Crippen LogP contribution >= 0.6 is 12.2 Å². The summed E-state index contributed by atoms with van der Waals surface area (Å²) < 4.78 is 6.89. The van der Waals surface area contributed by atoms with E-state index in [0.29, 0.717) is 23.7 Å². The van der Waals surface area contributed by atoms with E-state index in [-0.39, 0.29) is 16.2 Å². The Hall–Kier alpha value is -3.78. The third-order valence-corrected chi connectivity index (χ3v) is 4.74. The minimum absolute atomic E-state index is 0.00349. The van der Waals surface area contributed by atoms with Crippen molar-refractivity contribution in [3.05, 3.63) is 81.5 Å². The highest BCUT2D eigenvalue weighted by molar-refractivity contribution is 7.71. The maximum absolute atomic E-state index is 12.4. The van der Waals surface area contributed by atoms with Gasteiger partial charge in [-0.25, -0.2) is 0 Å². The van der Waals surface area contributed by atoms with E-state index < -0.39 is 5.56 Å². The zero-order chi connectivity index (χ0) is 21.1. The highest BCUT2D eigenvalue weighted by Crippen LogP contribution is 2.23. The summed E-state index contributed by atoms with van der Waals surface area (Å²) in [5, 5.41) is 11.7. The van der Waals surface area contributed by atoms with Crippen LogP contribution in [0.2, 0.25) is 0 Å². The first-order valence-corrected chi connectivity index (χ1v) is 9.68. The lowest BCUT2D eigenvalue weighted by atomic mass is 10.2. The highest BCUT2D eigenvalue weighted by atomic mass is 32.1. The van der Waals surface area contributed by atoms with Crippen molar-refractivity contribution >= 4 is 35.0 Å². The average Bonchev–Trinajstić information content (AvgIpc) is 2.74. The second-order valence-corrected chi connectivity index (χ2v) is 6.78. The Kier molecular flexibility index (Phi) is 5.40. The summed E-state index contributed by atoms with van der Waals surface area (Å²) in [6.07, 6.45) is 3.05. The molecule has 2 heterocycles. The van der Waals surface area contributed by atoms with Crippen molar-refractivity contribution in [3.63, 3.8) is 0 Å². The molecule has 0 radical (unpaired) electrons. The average molecular weight is 418 g/mol. The molecule has 150 valence electrons. The lowest BCUT2D eigenvalue weighted by Gasteiger charge is -2.12. The maximum atomic E-state index is 12.4. The SMILES string of the molecule is CCOc1ccc(-n2c(O)c(C=Nc3ccc4ncccc4c3)c(=O)[nH]c2=S)cc1. The summed E-state index contributed by atoms with van der Waals surface area (Å²) in [6, 6.07) is 16.3. The van der Waals surface area contributed by atoms with Gasteiger partial charge in [0.1, 0.15) is 11.3 Å². The van der Waals surface area contributed by atoms with Crippen LogP contribution in [0.3, 0.4) is 0 Å². The molecule has 7 nitrogen and oxygen atoms in total. The molecule has 8 heteroatoms. The Balaban J connectivity index is 1.74. The molecule has 0 saturated heterocycles. The van der Waals surface area contributed by atoms with Crippen LogP contribution < -0.4 is 10.3 Å². The number of pyridine rings is 1. The summed E-state index contributed by atoms with van der Waals surface area (Å²) in [6.45, 7) is 2.45. The van der Waals surface area contributed by atoms with Gasteiger partial charge in [0.25, 0.3) is 5.56 Å². The van der Waals surface area contributed by atoms with Crippen LogP contribution in [-0.4, -0.2) is 32.5 Å². The van der Waals surface area contributed by atoms with Crippen LogP contribution in [0.4, 0.5) is 5.69 Å². The largest absolute Gasteiger partial charge is 0.494 e. The number of rotatable bonds is 5. The Bertz CT molecular complexity index is 1360. The van der Waals surface area contributed by atoms with Crippen molar-refractivity contribution in [2.45, 2.75) is 6.92 Å². The van der Waals surface area contributed by atoms with Gasteiger partial charge in [-0.2, -0.15) is 0 Å². The fourth-order valence-corrected chi connectivity index (χ4v) is 3.32. The predicted molar refractivity (Wildman–Crippen MR) is 119 cm³/mol. The standard InChI is InChI=1S/C22H18N4O3S/c1-2-29-17-8-6-16(7-9-17)26-21(28)18(20(27)25-22(26)30)13-24-15-5-10-19-14(12-15)4-3-11-23-19/h3-13,28H,2H2,1H3,(H,25,27,30). The maximum Gasteiger partial charge on any atom is 0.264 e. The van der Waals surface area contributed by atoms with Gasteiger partial charge in [-0.1, -0.05) is 6.07 Å². The van der Waals surface area contributed by atoms with Crippen LogP contribution in [-0.2, 0) is 0 Å². The van der Waals surface area contributed by atoms with Crippen molar-refractivity contribution < 1.29 is 9.84 Å². The Labute approximate surface area is 177 Å². The van der Waals surface area contributed by atoms with Gasteiger partial charge < -0.3 is 9.84 Å². The number of benzene rings is 2. The lowest BCUT2D eigenvalue weighted by molar-refractivity contribution is 0.340. The third kappa shape index (κ3) is 3.85. The van der Waals surface area contributed by atoms with Gasteiger partial charge in [0.05, 0.1) is 23.5 Å². The molecule has 4 rings (SSSR count). The summed E-state index contributed by atoms with van der Waals surface area (Å²) in [4.78, 5) is 23.6. The Morgan fingerprint density at radius 1 is 1.23 bits per heavy atom. The number of nitrogens with zero attached hydrogens (tertiary/aromatic N) is 3. The van der Waals surface area contributed by atoms with Crippen molar-refractivity contribution in [3.8, 4) is 17.3 Å². The molecule has 2 aromatic heterocycles. The van der Waals surface area contributed by atoms with Crippen LogP contribution in [0.25, 0.3) is 16.6 Å². The van der Waals surface area contributed by atoms with E-state index in [1.807, 2.05) is 31.2 Å². The molecule has 0 amide bonds. The zero-order valence-corrected chi connectivity index (χ0v) is 16.9. The highest BCUT2D eigenvalue weighted by Gasteiger charge is 2.13. The van der Waals surface area contributed by atoms with E-state index in [1.54, 1.807) is 36.5 Å². The number of hydrogen-bond acceptors (Lipinski definition) is 6. The first-order valence-electron chi connectivity index (χ1n) is 9.27. The molecule has 0 fully saturated rings. The minimum atomic E-state index is -0.522. The quantitative estimate of drug-likeness (QED) is 0.372. The number of nitrogens with one attached hydrogen (secondary N) is 1. The number of aliphatic imine (C=N–C) groups is 1. The molecule has 0 saturated carbocycles. The number of ether oxygens (including phenoxy) is 1. The molecule has 2 N–H and O–H groups in total. The van der Waals surface area contributed by atoms with Crippen LogP contribution in [0, 0.1) is 4.77 Å². The number of fused-ring (bicyclic) bond motifs is 1. The topological polar surface area (TPSA) is 92.5 Å². The van der Waals surface area contributed by atoms with Crippen molar-refractivity contribution in [1.82, 2.24) is 14.5 Å². The van der Waals surface area contributed by atoms with E-state index in [4.69, 9.17) is 17.0 Å². The van der Waals surface area contributed by atoms with E-state index in [2.05, 4.69) is 15.0 Å². The number of aromatic nitrogens is 3. The minimum Gasteiger partial charge on any atom is -0.494 e. The molecule has 0 aliphatic heterocycles. The second-order valence-electron chi connectivity index (χ2n) is 6.40. The van der Waals surface area contributed by atoms with E-state index in [1.165, 1.54) is 10.8 Å². The lowest BCUT2D eigenvalue weighted by Crippen LogP contribution is -2.18. The molecular weight excluding hydrogens is 400 g/mol. The smallest absolute Gasteiger partial charge is 0.264 e. The van der Waals surface area contributed by atoms with Crippen molar-refractivity contribution in [2.75, 3.05) is 6.61 Å². The molecule has 0 atom stereocenters. The fraction of sp³-hybridized carbons (Fsp3) is 0.0909. The van der Waals surface area contributed by atoms with Gasteiger partial charge in [-0.3, -0.25) is 24.3 Å². The number of aromatic hydroxyl groups is 1. The molecule has 0 spiro atoms. The van der Waals surface area contributed by atoms with Gasteiger partial charge >= 0.3 is 0 Å². The Morgan fingerprint density at radius 2 is 2.03 bits per heavy atom. The first kappa shape index (κ1) is 19.5. The number of hydrogen-bond donors (Lipinski definition) is 2. The first-order chi connectivity index (χ1) is 14.6. The molecule has 4 aromatic rings. The van der Waals surface area contributed by atoms with Crippen LogP contribution in [0.1, 0.15) is 12.5 Å². The van der Waals surface area contributed by atoms with E-state index in [9.17, 15) is 9.90 Å². The van der Waals surface area contributed by atoms with Gasteiger partial charge in [0.15, 0.2) is 4.77 Å². The molecule has 2 aromatic carbocycles. The molecule has 30 heavy (non-hydrogen) atoms. The summed E-state index contributed by atoms with van der Waals surface area (Å²) in [7, 11) is 0. The third-order valence-electron chi connectivity index (χ3n) is 4.46. The zero-order valence-electron chi connectivity index (χ0n) is 16.1. The van der Waals surface area contributed by atoms with Gasteiger partial charge in [-0.05, 0) is 67.7 Å². The van der Waals surface area contributed by atoms with Crippen LogP contribution in [0.5, 0.6) is 11.6 Å². The van der Waals surface area contributed by atoms with Gasteiger partial charge in [-0.15, -0.1) is 0 Å². The van der Waals surface area contributed by atoms with Gasteiger partial charge in [0, 0.05) is 17.8 Å². The predicted octanol–water partition coefficient (Wildman–Crippen LogP) is 4.30. The summed E-state index contributed by atoms with van der Waals surface area (Å²) >= 11 is 5.25. The van der Waals surface area contributed by atoms with E-state index >= 15 is 0 Å².